The van der Waals surface area contributed by atoms with Gasteiger partial charge in [0.25, 0.3) is 0 Å². The van der Waals surface area contributed by atoms with Crippen LogP contribution in [-0.4, -0.2) is 25.1 Å². The molecule has 92 valence electrons. The van der Waals surface area contributed by atoms with Crippen molar-refractivity contribution in [2.24, 2.45) is 0 Å². The second-order valence-corrected chi connectivity index (χ2v) is 4.06. The van der Waals surface area contributed by atoms with Crippen molar-refractivity contribution in [3.8, 4) is 0 Å². The first-order valence-electron chi connectivity index (χ1n) is 5.24. The minimum Gasteiger partial charge on any atom is -0.364 e. The lowest BCUT2D eigenvalue weighted by Crippen LogP contribution is -2.03. The van der Waals surface area contributed by atoms with Gasteiger partial charge in [0.2, 0.25) is 5.28 Å². The molecule has 0 saturated heterocycles. The highest BCUT2D eigenvalue weighted by Crippen LogP contribution is 2.19. The van der Waals surface area contributed by atoms with E-state index in [2.05, 4.69) is 30.4 Å². The molecule has 0 atom stereocenters. The molecule has 8 heteroatoms. The molecule has 2 N–H and O–H groups in total. The lowest BCUT2D eigenvalue weighted by Gasteiger charge is -2.05. The van der Waals surface area contributed by atoms with E-state index in [4.69, 9.17) is 16.1 Å². The van der Waals surface area contributed by atoms with Crippen LogP contribution in [0.25, 0.3) is 11.2 Å². The number of fused-ring (bicyclic) bond motifs is 1. The fraction of sp³-hybridized carbons (Fsp3) is 0.200. The van der Waals surface area contributed by atoms with E-state index in [1.807, 2.05) is 6.92 Å². The molecule has 0 spiro atoms. The Morgan fingerprint density at radius 2 is 2.33 bits per heavy atom. The molecule has 3 aromatic rings. The summed E-state index contributed by atoms with van der Waals surface area (Å²) < 4.78 is 4.86. The van der Waals surface area contributed by atoms with E-state index in [1.165, 1.54) is 0 Å². The third-order valence-corrected chi connectivity index (χ3v) is 2.72. The minimum atomic E-state index is 0.152. The number of aromatic nitrogens is 5. The van der Waals surface area contributed by atoms with Crippen LogP contribution < -0.4 is 5.32 Å². The Bertz CT molecular complexity index is 691. The van der Waals surface area contributed by atoms with Crippen molar-refractivity contribution in [1.82, 2.24) is 25.1 Å². The molecule has 18 heavy (non-hydrogen) atoms. The summed E-state index contributed by atoms with van der Waals surface area (Å²) in [5, 5.41) is 7.11. The number of hydrogen-bond donors (Lipinski definition) is 2. The molecule has 0 aliphatic heterocycles. The summed E-state index contributed by atoms with van der Waals surface area (Å²) >= 11 is 5.83. The van der Waals surface area contributed by atoms with Crippen molar-refractivity contribution >= 4 is 28.6 Å². The third-order valence-electron chi connectivity index (χ3n) is 2.55. The molecule has 3 rings (SSSR count). The topological polar surface area (TPSA) is 92.5 Å². The van der Waals surface area contributed by atoms with Gasteiger partial charge >= 0.3 is 0 Å². The van der Waals surface area contributed by atoms with Gasteiger partial charge in [-0.25, -0.2) is 4.98 Å². The average Bonchev–Trinajstić information content (AvgIpc) is 2.94. The zero-order valence-corrected chi connectivity index (χ0v) is 10.2. The Morgan fingerprint density at radius 3 is 3.11 bits per heavy atom. The van der Waals surface area contributed by atoms with Crippen LogP contribution in [-0.2, 0) is 6.54 Å². The number of nitrogens with zero attached hydrogens (tertiary/aromatic N) is 4. The first-order valence-corrected chi connectivity index (χ1v) is 5.62. The van der Waals surface area contributed by atoms with Crippen molar-refractivity contribution in [3.63, 3.8) is 0 Å². The van der Waals surface area contributed by atoms with E-state index in [9.17, 15) is 0 Å². The maximum atomic E-state index is 5.83. The Morgan fingerprint density at radius 1 is 1.44 bits per heavy atom. The molecule has 0 amide bonds. The van der Waals surface area contributed by atoms with Crippen molar-refractivity contribution in [1.29, 1.82) is 0 Å². The van der Waals surface area contributed by atoms with Crippen molar-refractivity contribution in [2.45, 2.75) is 13.5 Å². The van der Waals surface area contributed by atoms with Crippen LogP contribution in [0.1, 0.15) is 11.3 Å². The first kappa shape index (κ1) is 11.0. The number of aryl methyl sites for hydroxylation is 1. The Kier molecular flexibility index (Phi) is 2.60. The summed E-state index contributed by atoms with van der Waals surface area (Å²) in [5.41, 5.74) is 3.04. The van der Waals surface area contributed by atoms with Crippen LogP contribution in [0.15, 0.2) is 17.1 Å². The predicted molar refractivity (Wildman–Crippen MR) is 65.3 cm³/mol. The summed E-state index contributed by atoms with van der Waals surface area (Å²) in [5.74, 6) is 0.600. The van der Waals surface area contributed by atoms with Crippen LogP contribution in [0.3, 0.4) is 0 Å². The van der Waals surface area contributed by atoms with Crippen LogP contribution in [0.5, 0.6) is 0 Å². The lowest BCUT2D eigenvalue weighted by molar-refractivity contribution is 0.414. The summed E-state index contributed by atoms with van der Waals surface area (Å²) in [4.78, 5) is 15.1. The van der Waals surface area contributed by atoms with Crippen LogP contribution in [0.4, 0.5) is 5.82 Å². The van der Waals surface area contributed by atoms with E-state index < -0.39 is 0 Å². The zero-order chi connectivity index (χ0) is 12.5. The number of anilines is 1. The van der Waals surface area contributed by atoms with E-state index in [0.29, 0.717) is 23.5 Å². The molecule has 7 nitrogen and oxygen atoms in total. The fourth-order valence-electron chi connectivity index (χ4n) is 1.60. The predicted octanol–water partition coefficient (Wildman–Crippen LogP) is 1.91. The highest BCUT2D eigenvalue weighted by Gasteiger charge is 2.09. The Labute approximate surface area is 107 Å². The molecule has 0 aliphatic carbocycles. The molecule has 3 aromatic heterocycles. The summed E-state index contributed by atoms with van der Waals surface area (Å²) in [6, 6.07) is 0. The molecular formula is C10H9ClN6O. The SMILES string of the molecule is Cc1nocc1CNc1nc(Cl)nc2nc[nH]c12. The number of halogens is 1. The Hall–Kier alpha value is -2.15. The largest absolute Gasteiger partial charge is 0.364 e. The summed E-state index contributed by atoms with van der Waals surface area (Å²) in [6.45, 7) is 2.41. The number of rotatable bonds is 3. The van der Waals surface area contributed by atoms with E-state index in [0.717, 1.165) is 11.3 Å². The number of imidazole rings is 1. The van der Waals surface area contributed by atoms with Crippen molar-refractivity contribution < 1.29 is 4.52 Å². The molecule has 0 aromatic carbocycles. The zero-order valence-electron chi connectivity index (χ0n) is 9.44. The van der Waals surface area contributed by atoms with Gasteiger partial charge in [0.05, 0.1) is 12.0 Å². The van der Waals surface area contributed by atoms with E-state index in [-0.39, 0.29) is 5.28 Å². The van der Waals surface area contributed by atoms with Crippen molar-refractivity contribution in [3.05, 3.63) is 29.1 Å². The molecule has 0 bridgehead atoms. The van der Waals surface area contributed by atoms with Gasteiger partial charge in [0, 0.05) is 12.1 Å². The van der Waals surface area contributed by atoms with Crippen LogP contribution in [0, 0.1) is 6.92 Å². The quantitative estimate of drug-likeness (QED) is 0.702. The van der Waals surface area contributed by atoms with Gasteiger partial charge in [-0.3, -0.25) is 0 Å². The smallest absolute Gasteiger partial charge is 0.226 e. The van der Waals surface area contributed by atoms with Gasteiger partial charge in [0.15, 0.2) is 11.5 Å². The number of hydrogen-bond acceptors (Lipinski definition) is 6. The molecule has 0 saturated carbocycles. The summed E-state index contributed by atoms with van der Waals surface area (Å²) in [7, 11) is 0. The summed E-state index contributed by atoms with van der Waals surface area (Å²) in [6.07, 6.45) is 3.14. The van der Waals surface area contributed by atoms with E-state index in [1.54, 1.807) is 12.6 Å². The number of nitrogens with one attached hydrogen (secondary N) is 2. The molecule has 0 aliphatic rings. The van der Waals surface area contributed by atoms with Crippen molar-refractivity contribution in [2.75, 3.05) is 5.32 Å². The third kappa shape index (κ3) is 1.88. The van der Waals surface area contributed by atoms with Gasteiger partial charge < -0.3 is 14.8 Å². The van der Waals surface area contributed by atoms with Gasteiger partial charge in [0.1, 0.15) is 11.8 Å². The van der Waals surface area contributed by atoms with Crippen LogP contribution in [0.2, 0.25) is 5.28 Å². The Balaban J connectivity index is 1.90. The van der Waals surface area contributed by atoms with Crippen LogP contribution >= 0.6 is 11.6 Å². The molecule has 0 fully saturated rings. The maximum absolute atomic E-state index is 5.83. The number of aromatic amines is 1. The van der Waals surface area contributed by atoms with Gasteiger partial charge in [-0.1, -0.05) is 5.16 Å². The number of H-pyrrole nitrogens is 1. The maximum Gasteiger partial charge on any atom is 0.226 e. The van der Waals surface area contributed by atoms with E-state index >= 15 is 0 Å². The highest BCUT2D eigenvalue weighted by molar-refractivity contribution is 6.28. The van der Waals surface area contributed by atoms with Gasteiger partial charge in [-0.15, -0.1) is 0 Å². The van der Waals surface area contributed by atoms with Gasteiger partial charge in [-0.2, -0.15) is 9.97 Å². The van der Waals surface area contributed by atoms with Gasteiger partial charge in [-0.05, 0) is 18.5 Å². The monoisotopic (exact) mass is 264 g/mol. The standard InChI is InChI=1S/C10H9ClN6O/c1-5-6(3-18-17-5)2-12-8-7-9(14-4-13-7)16-10(11)15-8/h3-4H,2H2,1H3,(H2,12,13,14,15,16). The average molecular weight is 265 g/mol. The normalized spacial score (nSPS) is 11.0. The molecule has 3 heterocycles. The second kappa shape index (κ2) is 4.26. The molecule has 0 unspecified atom stereocenters. The highest BCUT2D eigenvalue weighted by atomic mass is 35.5. The first-order chi connectivity index (χ1) is 8.74. The minimum absolute atomic E-state index is 0.152. The molecular weight excluding hydrogens is 256 g/mol. The molecule has 0 radical (unpaired) electrons. The second-order valence-electron chi connectivity index (χ2n) is 3.72. The fourth-order valence-corrected chi connectivity index (χ4v) is 1.76. The lowest BCUT2D eigenvalue weighted by atomic mass is 10.2.